The molecule has 0 fully saturated rings. The van der Waals surface area contributed by atoms with Gasteiger partial charge in [-0.1, -0.05) is 29.8 Å². The molecule has 1 atom stereocenters. The average Bonchev–Trinajstić information content (AvgIpc) is 2.79. The Balaban J connectivity index is 2.15. The summed E-state index contributed by atoms with van der Waals surface area (Å²) in [6, 6.07) is 13.9. The zero-order valence-corrected chi connectivity index (χ0v) is 23.0. The minimum atomic E-state index is -3.55. The maximum Gasteiger partial charge on any atom is 0.242 e. The van der Waals surface area contributed by atoms with Crippen molar-refractivity contribution in [3.8, 4) is 5.75 Å². The number of nitrogens with one attached hydrogen (secondary N) is 1. The second-order valence-electron chi connectivity index (χ2n) is 9.22. The molecule has 1 unspecified atom stereocenters. The van der Waals surface area contributed by atoms with E-state index in [1.165, 1.54) is 4.31 Å². The van der Waals surface area contributed by atoms with Crippen LogP contribution in [0, 0.1) is 6.92 Å². The molecule has 2 rings (SSSR count). The van der Waals surface area contributed by atoms with Crippen LogP contribution in [0.3, 0.4) is 0 Å². The molecular formula is C27H39N3O5S. The highest BCUT2D eigenvalue weighted by molar-refractivity contribution is 7.92. The Bertz CT molecular complexity index is 1120. The van der Waals surface area contributed by atoms with Crippen molar-refractivity contribution >= 4 is 27.5 Å². The molecule has 8 nitrogen and oxygen atoms in total. The molecule has 0 aliphatic carbocycles. The van der Waals surface area contributed by atoms with Crippen LogP contribution in [0.1, 0.15) is 51.7 Å². The first-order valence-corrected chi connectivity index (χ1v) is 14.1. The molecule has 9 heteroatoms. The van der Waals surface area contributed by atoms with E-state index in [1.54, 1.807) is 36.1 Å². The Hall–Kier alpha value is -3.07. The highest BCUT2D eigenvalue weighted by Gasteiger charge is 2.27. The number of sulfonamides is 1. The SMILES string of the molecule is CCOc1ccc(N(CCCC(=O)N(Cc2cccc(C)c2)C(C)C(=O)NC(C)C)S(C)(=O)=O)cc1. The molecule has 0 saturated heterocycles. The number of aryl methyl sites for hydroxylation is 1. The van der Waals surface area contributed by atoms with E-state index in [0.29, 0.717) is 31.0 Å². The quantitative estimate of drug-likeness (QED) is 0.435. The Morgan fingerprint density at radius 1 is 1.06 bits per heavy atom. The van der Waals surface area contributed by atoms with Crippen molar-refractivity contribution < 1.29 is 22.7 Å². The van der Waals surface area contributed by atoms with Crippen molar-refractivity contribution in [1.29, 1.82) is 0 Å². The summed E-state index contributed by atoms with van der Waals surface area (Å²) in [7, 11) is -3.55. The van der Waals surface area contributed by atoms with Crippen molar-refractivity contribution in [3.63, 3.8) is 0 Å². The van der Waals surface area contributed by atoms with E-state index in [2.05, 4.69) is 5.32 Å². The number of nitrogens with zero attached hydrogens (tertiary/aromatic N) is 2. The van der Waals surface area contributed by atoms with Gasteiger partial charge in [-0.3, -0.25) is 13.9 Å². The maximum absolute atomic E-state index is 13.3. The summed E-state index contributed by atoms with van der Waals surface area (Å²) in [6.45, 7) is 10.3. The van der Waals surface area contributed by atoms with E-state index >= 15 is 0 Å². The fraction of sp³-hybridized carbons (Fsp3) is 0.481. The van der Waals surface area contributed by atoms with Crippen molar-refractivity contribution in [1.82, 2.24) is 10.2 Å². The lowest BCUT2D eigenvalue weighted by Gasteiger charge is -2.30. The maximum atomic E-state index is 13.3. The van der Waals surface area contributed by atoms with E-state index in [4.69, 9.17) is 4.74 Å². The van der Waals surface area contributed by atoms with Gasteiger partial charge >= 0.3 is 0 Å². The van der Waals surface area contributed by atoms with E-state index in [-0.39, 0.29) is 30.8 Å². The number of carbonyl (C=O) groups is 2. The highest BCUT2D eigenvalue weighted by Crippen LogP contribution is 2.22. The second kappa shape index (κ2) is 13.3. The smallest absolute Gasteiger partial charge is 0.242 e. The van der Waals surface area contributed by atoms with E-state index < -0.39 is 16.1 Å². The first-order valence-electron chi connectivity index (χ1n) is 12.3. The Labute approximate surface area is 215 Å². The zero-order chi connectivity index (χ0) is 26.9. The predicted molar refractivity (Wildman–Crippen MR) is 144 cm³/mol. The molecule has 0 heterocycles. The molecule has 0 saturated carbocycles. The number of benzene rings is 2. The van der Waals surface area contributed by atoms with Gasteiger partial charge in [0.05, 0.1) is 18.6 Å². The molecule has 2 aromatic rings. The van der Waals surface area contributed by atoms with Gasteiger partial charge in [-0.05, 0) is 70.9 Å². The van der Waals surface area contributed by atoms with Crippen molar-refractivity contribution in [2.75, 3.05) is 23.7 Å². The number of anilines is 1. The molecule has 1 N–H and O–H groups in total. The molecule has 2 amide bonds. The average molecular weight is 518 g/mol. The first kappa shape index (κ1) is 29.2. The molecule has 0 bridgehead atoms. The summed E-state index contributed by atoms with van der Waals surface area (Å²) in [6.07, 6.45) is 1.56. The van der Waals surface area contributed by atoms with Gasteiger partial charge in [0.2, 0.25) is 21.8 Å². The van der Waals surface area contributed by atoms with Crippen LogP contribution < -0.4 is 14.4 Å². The molecule has 36 heavy (non-hydrogen) atoms. The van der Waals surface area contributed by atoms with Crippen LogP contribution >= 0.6 is 0 Å². The summed E-state index contributed by atoms with van der Waals surface area (Å²) in [4.78, 5) is 27.6. The summed E-state index contributed by atoms with van der Waals surface area (Å²) >= 11 is 0. The largest absolute Gasteiger partial charge is 0.494 e. The number of amides is 2. The third kappa shape index (κ3) is 8.86. The van der Waals surface area contributed by atoms with Crippen LogP contribution in [0.2, 0.25) is 0 Å². The lowest BCUT2D eigenvalue weighted by atomic mass is 10.1. The fourth-order valence-corrected chi connectivity index (χ4v) is 4.84. The number of hydrogen-bond donors (Lipinski definition) is 1. The third-order valence-electron chi connectivity index (χ3n) is 5.62. The van der Waals surface area contributed by atoms with Gasteiger partial charge in [0, 0.05) is 25.6 Å². The Kier molecular flexibility index (Phi) is 10.8. The molecular weight excluding hydrogens is 478 g/mol. The molecule has 0 aliphatic rings. The number of hydrogen-bond acceptors (Lipinski definition) is 5. The first-order chi connectivity index (χ1) is 16.9. The summed E-state index contributed by atoms with van der Waals surface area (Å²) in [5, 5.41) is 2.87. The molecule has 198 valence electrons. The molecule has 0 spiro atoms. The molecule has 2 aromatic carbocycles. The zero-order valence-electron chi connectivity index (χ0n) is 22.2. The van der Waals surface area contributed by atoms with Crippen LogP contribution in [-0.2, 0) is 26.2 Å². The van der Waals surface area contributed by atoms with Crippen molar-refractivity contribution in [2.24, 2.45) is 0 Å². The van der Waals surface area contributed by atoms with Gasteiger partial charge in [-0.15, -0.1) is 0 Å². The minimum absolute atomic E-state index is 0.0479. The van der Waals surface area contributed by atoms with Gasteiger partial charge in [0.15, 0.2) is 0 Å². The summed E-state index contributed by atoms with van der Waals surface area (Å²) in [5.41, 5.74) is 2.51. The Morgan fingerprint density at radius 2 is 1.72 bits per heavy atom. The van der Waals surface area contributed by atoms with Crippen LogP contribution in [0.5, 0.6) is 5.75 Å². The van der Waals surface area contributed by atoms with Crippen LogP contribution in [-0.4, -0.2) is 56.6 Å². The molecule has 0 aliphatic heterocycles. The summed E-state index contributed by atoms with van der Waals surface area (Å²) < 4.78 is 31.7. The van der Waals surface area contributed by atoms with Crippen LogP contribution in [0.4, 0.5) is 5.69 Å². The lowest BCUT2D eigenvalue weighted by Crippen LogP contribution is -2.49. The van der Waals surface area contributed by atoms with Crippen molar-refractivity contribution in [3.05, 3.63) is 59.7 Å². The number of rotatable bonds is 13. The topological polar surface area (TPSA) is 96.0 Å². The molecule has 0 aromatic heterocycles. The van der Waals surface area contributed by atoms with E-state index in [9.17, 15) is 18.0 Å². The minimum Gasteiger partial charge on any atom is -0.494 e. The second-order valence-corrected chi connectivity index (χ2v) is 11.1. The monoisotopic (exact) mass is 517 g/mol. The standard InChI is InChI=1S/C27H39N3O5S/c1-7-35-25-15-13-24(14-16-25)30(36(6,33)34)17-9-12-26(31)29(22(5)27(32)28-20(2)3)19-23-11-8-10-21(4)18-23/h8,10-11,13-16,18,20,22H,7,9,12,17,19H2,1-6H3,(H,28,32). The fourth-order valence-electron chi connectivity index (χ4n) is 3.87. The lowest BCUT2D eigenvalue weighted by molar-refractivity contribution is -0.140. The van der Waals surface area contributed by atoms with Gasteiger partial charge in [-0.25, -0.2) is 8.42 Å². The highest BCUT2D eigenvalue weighted by atomic mass is 32.2. The van der Waals surface area contributed by atoms with Gasteiger partial charge < -0.3 is 15.0 Å². The third-order valence-corrected chi connectivity index (χ3v) is 6.82. The van der Waals surface area contributed by atoms with Crippen molar-refractivity contribution in [2.45, 2.75) is 66.1 Å². The van der Waals surface area contributed by atoms with Crippen LogP contribution in [0.25, 0.3) is 0 Å². The van der Waals surface area contributed by atoms with Crippen LogP contribution in [0.15, 0.2) is 48.5 Å². The van der Waals surface area contributed by atoms with Gasteiger partial charge in [0.1, 0.15) is 11.8 Å². The van der Waals surface area contributed by atoms with E-state index in [0.717, 1.165) is 17.4 Å². The molecule has 0 radical (unpaired) electrons. The summed E-state index contributed by atoms with van der Waals surface area (Å²) in [5.74, 6) is 0.228. The normalized spacial score (nSPS) is 12.2. The predicted octanol–water partition coefficient (Wildman–Crippen LogP) is 3.88. The number of ether oxygens (including phenoxy) is 1. The van der Waals surface area contributed by atoms with Gasteiger partial charge in [0.25, 0.3) is 0 Å². The van der Waals surface area contributed by atoms with E-state index in [1.807, 2.05) is 52.0 Å². The van der Waals surface area contributed by atoms with Gasteiger partial charge in [-0.2, -0.15) is 0 Å². The number of carbonyl (C=O) groups excluding carboxylic acids is 2. The Morgan fingerprint density at radius 3 is 2.28 bits per heavy atom.